The molecule has 1 aromatic carbocycles. The molecule has 0 saturated heterocycles. The smallest absolute Gasteiger partial charge is 0.306 e. The average molecular weight is 470 g/mol. The second kappa shape index (κ2) is 8.22. The van der Waals surface area contributed by atoms with Crippen LogP contribution in [0.5, 0.6) is 0 Å². The molecule has 4 aromatic heterocycles. The van der Waals surface area contributed by atoms with E-state index in [0.717, 1.165) is 56.9 Å². The fourth-order valence-corrected chi connectivity index (χ4v) is 5.61. The molecule has 1 aliphatic carbocycles. The maximum Gasteiger partial charge on any atom is 0.306 e. The molecule has 4 heterocycles. The molecule has 0 unspecified atom stereocenters. The van der Waals surface area contributed by atoms with Crippen LogP contribution >= 0.6 is 11.3 Å². The van der Waals surface area contributed by atoms with Crippen molar-refractivity contribution < 1.29 is 9.90 Å². The van der Waals surface area contributed by atoms with Crippen LogP contribution in [-0.2, 0) is 4.79 Å². The van der Waals surface area contributed by atoms with Crippen LogP contribution in [0.15, 0.2) is 60.2 Å². The normalized spacial score (nSPS) is 18.5. The van der Waals surface area contributed by atoms with Crippen LogP contribution in [0, 0.1) is 5.92 Å². The first-order chi connectivity index (χ1) is 16.6. The van der Waals surface area contributed by atoms with Gasteiger partial charge in [-0.05, 0) is 49.3 Å². The number of imidazole rings is 1. The zero-order chi connectivity index (χ0) is 23.2. The molecule has 0 spiro atoms. The Hall–Kier alpha value is -3.78. The molecule has 0 bridgehead atoms. The van der Waals surface area contributed by atoms with Crippen molar-refractivity contribution in [2.24, 2.45) is 5.92 Å². The van der Waals surface area contributed by atoms with Crippen molar-refractivity contribution in [2.75, 3.05) is 5.73 Å². The highest BCUT2D eigenvalue weighted by Crippen LogP contribution is 2.36. The number of fused-ring (bicyclic) bond motifs is 2. The van der Waals surface area contributed by atoms with Gasteiger partial charge in [0.25, 0.3) is 0 Å². The third-order valence-electron chi connectivity index (χ3n) is 6.78. The summed E-state index contributed by atoms with van der Waals surface area (Å²) in [5.74, 6) is 0.603. The molecule has 0 radical (unpaired) electrons. The van der Waals surface area contributed by atoms with Crippen LogP contribution in [-0.4, -0.2) is 30.4 Å². The molecule has 5 aromatic rings. The average Bonchev–Trinajstić information content (AvgIpc) is 3.54. The van der Waals surface area contributed by atoms with E-state index in [1.165, 1.54) is 0 Å². The van der Waals surface area contributed by atoms with Gasteiger partial charge in [-0.3, -0.25) is 9.20 Å². The maximum absolute atomic E-state index is 11.3. The summed E-state index contributed by atoms with van der Waals surface area (Å²) in [5.41, 5.74) is 10.7. The van der Waals surface area contributed by atoms with E-state index in [9.17, 15) is 9.90 Å². The predicted octanol–water partition coefficient (Wildman–Crippen LogP) is 5.61. The summed E-state index contributed by atoms with van der Waals surface area (Å²) >= 11 is 1.67. The Morgan fingerprint density at radius 2 is 1.88 bits per heavy atom. The predicted molar refractivity (Wildman–Crippen MR) is 134 cm³/mol. The lowest BCUT2D eigenvalue weighted by Crippen LogP contribution is -2.21. The number of thiophene rings is 1. The second-order valence-corrected chi connectivity index (χ2v) is 9.80. The molecule has 1 fully saturated rings. The number of aliphatic carboxylic acids is 1. The number of carboxylic acid groups (broad SMARTS) is 1. The minimum absolute atomic E-state index is 0.208. The first-order valence-electron chi connectivity index (χ1n) is 11.4. The minimum atomic E-state index is -0.700. The lowest BCUT2D eigenvalue weighted by molar-refractivity contribution is -0.142. The molecule has 34 heavy (non-hydrogen) atoms. The molecule has 170 valence electrons. The minimum Gasteiger partial charge on any atom is -0.481 e. The van der Waals surface area contributed by atoms with Crippen molar-refractivity contribution >= 4 is 39.5 Å². The number of benzene rings is 1. The summed E-state index contributed by atoms with van der Waals surface area (Å²) < 4.78 is 2.03. The maximum atomic E-state index is 11.3. The Morgan fingerprint density at radius 3 is 2.65 bits per heavy atom. The van der Waals surface area contributed by atoms with Gasteiger partial charge in [0.05, 0.1) is 33.9 Å². The van der Waals surface area contributed by atoms with Crippen LogP contribution < -0.4 is 5.73 Å². The summed E-state index contributed by atoms with van der Waals surface area (Å²) in [6.45, 7) is 0. The molecular formula is C26H23N5O2S. The van der Waals surface area contributed by atoms with Gasteiger partial charge in [-0.25, -0.2) is 15.0 Å². The number of nitrogens with zero attached hydrogens (tertiary/aromatic N) is 4. The number of rotatable bonds is 4. The van der Waals surface area contributed by atoms with Gasteiger partial charge in [0.1, 0.15) is 17.2 Å². The van der Waals surface area contributed by atoms with Crippen molar-refractivity contribution in [3.63, 3.8) is 0 Å². The van der Waals surface area contributed by atoms with E-state index in [4.69, 9.17) is 10.7 Å². The zero-order valence-corrected chi connectivity index (χ0v) is 19.2. The first-order valence-corrected chi connectivity index (χ1v) is 12.3. The van der Waals surface area contributed by atoms with Crippen molar-refractivity contribution in [1.29, 1.82) is 0 Å². The Bertz CT molecular complexity index is 1520. The first kappa shape index (κ1) is 20.8. The van der Waals surface area contributed by atoms with Gasteiger partial charge in [0.2, 0.25) is 0 Å². The molecule has 1 saturated carbocycles. The van der Waals surface area contributed by atoms with Crippen molar-refractivity contribution in [2.45, 2.75) is 31.6 Å². The Balaban J connectivity index is 1.39. The van der Waals surface area contributed by atoms with E-state index >= 15 is 0 Å². The lowest BCUT2D eigenvalue weighted by atomic mass is 9.81. The van der Waals surface area contributed by atoms with E-state index in [1.807, 2.05) is 28.8 Å². The number of carboxylic acids is 1. The van der Waals surface area contributed by atoms with E-state index in [2.05, 4.69) is 39.6 Å². The summed E-state index contributed by atoms with van der Waals surface area (Å²) in [5, 5.41) is 12.4. The quantitative estimate of drug-likeness (QED) is 0.354. The Morgan fingerprint density at radius 1 is 1.06 bits per heavy atom. The molecule has 8 heteroatoms. The lowest BCUT2D eigenvalue weighted by Gasteiger charge is -2.25. The molecule has 0 atom stereocenters. The van der Waals surface area contributed by atoms with Crippen LogP contribution in [0.3, 0.4) is 0 Å². The largest absolute Gasteiger partial charge is 0.481 e. The van der Waals surface area contributed by atoms with E-state index in [-0.39, 0.29) is 11.8 Å². The Kier molecular flexibility index (Phi) is 5.03. The standard InChI is InChI=1S/C26H23N5O2S/c27-24-22-13-28-25(16-4-6-17(7-5-16)26(32)33)31(22)14-21(30-24)18-8-3-15-9-10-19(29-20(15)12-18)23-2-1-11-34-23/h1-3,8-14,16-17H,4-7H2,(H2,27,30)(H,32,33). The summed E-state index contributed by atoms with van der Waals surface area (Å²) in [6.07, 6.45) is 6.70. The molecule has 0 amide bonds. The van der Waals surface area contributed by atoms with Crippen LogP contribution in [0.1, 0.15) is 37.4 Å². The molecule has 0 aliphatic heterocycles. The number of anilines is 1. The van der Waals surface area contributed by atoms with Gasteiger partial charge >= 0.3 is 5.97 Å². The third-order valence-corrected chi connectivity index (χ3v) is 7.68. The Labute approximate surface area is 199 Å². The van der Waals surface area contributed by atoms with Gasteiger partial charge in [0.15, 0.2) is 0 Å². The van der Waals surface area contributed by atoms with Crippen molar-refractivity contribution in [3.05, 3.63) is 66.1 Å². The number of nitrogen functional groups attached to an aromatic ring is 1. The highest BCUT2D eigenvalue weighted by Gasteiger charge is 2.29. The number of hydrogen-bond donors (Lipinski definition) is 2. The SMILES string of the molecule is Nc1nc(-c2ccc3ccc(-c4cccs4)nc3c2)cn2c(C3CCC(C(=O)O)CC3)ncc12. The highest BCUT2D eigenvalue weighted by molar-refractivity contribution is 7.13. The van der Waals surface area contributed by atoms with Crippen LogP contribution in [0.2, 0.25) is 0 Å². The van der Waals surface area contributed by atoms with Crippen molar-refractivity contribution in [1.82, 2.24) is 19.4 Å². The second-order valence-electron chi connectivity index (χ2n) is 8.85. The number of aromatic nitrogens is 4. The molecular weight excluding hydrogens is 446 g/mol. The number of carbonyl (C=O) groups is 1. The van der Waals surface area contributed by atoms with Gasteiger partial charge in [-0.2, -0.15) is 0 Å². The zero-order valence-electron chi connectivity index (χ0n) is 18.4. The van der Waals surface area contributed by atoms with Gasteiger partial charge < -0.3 is 10.8 Å². The molecule has 7 nitrogen and oxygen atoms in total. The number of pyridine rings is 1. The molecule has 6 rings (SSSR count). The van der Waals surface area contributed by atoms with Gasteiger partial charge in [-0.1, -0.05) is 24.3 Å². The number of hydrogen-bond acceptors (Lipinski definition) is 6. The molecule has 3 N–H and O–H groups in total. The molecule has 1 aliphatic rings. The van der Waals surface area contributed by atoms with Crippen molar-refractivity contribution in [3.8, 4) is 21.8 Å². The van der Waals surface area contributed by atoms with Gasteiger partial charge in [0, 0.05) is 23.1 Å². The van der Waals surface area contributed by atoms with Crippen LogP contribution in [0.25, 0.3) is 38.2 Å². The topological polar surface area (TPSA) is 106 Å². The summed E-state index contributed by atoms with van der Waals surface area (Å²) in [6, 6.07) is 14.4. The van der Waals surface area contributed by atoms with Gasteiger partial charge in [-0.15, -0.1) is 11.3 Å². The third kappa shape index (κ3) is 3.60. The summed E-state index contributed by atoms with van der Waals surface area (Å²) in [4.78, 5) is 26.7. The fourth-order valence-electron chi connectivity index (χ4n) is 4.92. The van der Waals surface area contributed by atoms with Crippen LogP contribution in [0.4, 0.5) is 5.82 Å². The monoisotopic (exact) mass is 469 g/mol. The number of nitrogens with two attached hydrogens (primary N) is 1. The van der Waals surface area contributed by atoms with E-state index in [0.29, 0.717) is 18.7 Å². The van der Waals surface area contributed by atoms with E-state index < -0.39 is 5.97 Å². The highest BCUT2D eigenvalue weighted by atomic mass is 32.1. The summed E-state index contributed by atoms with van der Waals surface area (Å²) in [7, 11) is 0. The van der Waals surface area contributed by atoms with E-state index in [1.54, 1.807) is 17.5 Å². The fraction of sp³-hybridized carbons (Fsp3) is 0.231.